The van der Waals surface area contributed by atoms with Gasteiger partial charge in [-0.3, -0.25) is 0 Å². The van der Waals surface area contributed by atoms with Gasteiger partial charge in [-0.2, -0.15) is 0 Å². The molecular formula is H4NO4PSi. The fourth-order valence-electron chi connectivity index (χ4n) is 0. The molecule has 5 nitrogen and oxygen atoms in total. The van der Waals surface area contributed by atoms with Crippen molar-refractivity contribution in [1.82, 2.24) is 6.15 Å². The maximum atomic E-state index is 8.66. The lowest BCUT2D eigenvalue weighted by molar-refractivity contribution is -0.337. The molecule has 0 heterocycles. The van der Waals surface area contributed by atoms with E-state index in [9.17, 15) is 0 Å². The van der Waals surface area contributed by atoms with E-state index in [-0.39, 0.29) is 17.1 Å². The van der Waals surface area contributed by atoms with Crippen molar-refractivity contribution in [1.29, 1.82) is 0 Å². The Morgan fingerprint density at radius 3 is 1.43 bits per heavy atom. The monoisotopic (exact) mass is 141 g/mol. The van der Waals surface area contributed by atoms with Crippen LogP contribution in [0, 0.1) is 0 Å². The van der Waals surface area contributed by atoms with E-state index in [1.165, 1.54) is 0 Å². The molecule has 0 rings (SSSR count). The summed E-state index contributed by atoms with van der Waals surface area (Å²) >= 11 is 0. The largest absolute Gasteiger partial charge is 2.00 e. The molecule has 7 heavy (non-hydrogen) atoms. The molecule has 4 N–H and O–H groups in total. The van der Waals surface area contributed by atoms with Crippen molar-refractivity contribution < 1.29 is 19.2 Å². The molecule has 2 radical (unpaired) electrons. The van der Waals surface area contributed by atoms with Crippen LogP contribution in [0.2, 0.25) is 0 Å². The molecule has 0 atom stereocenters. The summed E-state index contributed by atoms with van der Waals surface area (Å²) in [6.07, 6.45) is 0. The second kappa shape index (κ2) is 4.45. The van der Waals surface area contributed by atoms with Crippen molar-refractivity contribution in [2.45, 2.75) is 0 Å². The molecule has 0 unspecified atom stereocenters. The maximum absolute atomic E-state index is 8.66. The van der Waals surface area contributed by atoms with Crippen LogP contribution in [0.15, 0.2) is 0 Å². The van der Waals surface area contributed by atoms with Crippen LogP contribution < -0.4 is 15.9 Å². The molecule has 0 aliphatic heterocycles. The second-order valence-electron chi connectivity index (χ2n) is 0.469. The SMILES string of the molecule is N.O=P([O-])([O-])O.[Si+2]. The minimum absolute atomic E-state index is 0. The number of hydrogen-bond donors (Lipinski definition) is 2. The summed E-state index contributed by atoms with van der Waals surface area (Å²) in [4.78, 5) is 24.3. The van der Waals surface area contributed by atoms with Crippen LogP contribution in [0.3, 0.4) is 0 Å². The predicted molar refractivity (Wildman–Crippen MR) is 20.6 cm³/mol. The Kier molecular flexibility index (Phi) is 9.95. The summed E-state index contributed by atoms with van der Waals surface area (Å²) in [5.74, 6) is 0. The molecule has 0 aromatic carbocycles. The average molecular weight is 141 g/mol. The van der Waals surface area contributed by atoms with E-state index in [1.54, 1.807) is 0 Å². The van der Waals surface area contributed by atoms with Gasteiger partial charge in [0.15, 0.2) is 0 Å². The fraction of sp³-hybridized carbons (Fsp3) is 0. The summed E-state index contributed by atoms with van der Waals surface area (Å²) in [7, 11) is -5.14. The molecule has 0 aliphatic carbocycles. The molecular weight excluding hydrogens is 137 g/mol. The van der Waals surface area contributed by atoms with Gasteiger partial charge in [-0.1, -0.05) is 0 Å². The van der Waals surface area contributed by atoms with Crippen LogP contribution in [-0.2, 0) is 4.57 Å². The summed E-state index contributed by atoms with van der Waals surface area (Å²) < 4.78 is 8.66. The van der Waals surface area contributed by atoms with Gasteiger partial charge in [0.25, 0.3) is 0 Å². The van der Waals surface area contributed by atoms with Crippen LogP contribution in [0.4, 0.5) is 0 Å². The Balaban J connectivity index is -0.0000000800. The molecule has 7 heteroatoms. The van der Waals surface area contributed by atoms with Crippen LogP contribution in [0.1, 0.15) is 0 Å². The molecule has 0 spiro atoms. The van der Waals surface area contributed by atoms with Gasteiger partial charge in [-0.05, 0) is 0 Å². The normalized spacial score (nSPS) is 8.43. The van der Waals surface area contributed by atoms with Gasteiger partial charge in [0, 0.05) is 0 Å². The van der Waals surface area contributed by atoms with E-state index in [1.807, 2.05) is 0 Å². The molecule has 0 bridgehead atoms. The van der Waals surface area contributed by atoms with Gasteiger partial charge < -0.3 is 25.4 Å². The predicted octanol–water partition coefficient (Wildman–Crippen LogP) is -2.41. The van der Waals surface area contributed by atoms with Gasteiger partial charge in [0.2, 0.25) is 0 Å². The van der Waals surface area contributed by atoms with Crippen molar-refractivity contribution in [3.63, 3.8) is 0 Å². The van der Waals surface area contributed by atoms with Gasteiger partial charge in [0.1, 0.15) is 0 Å². The van der Waals surface area contributed by atoms with Crippen molar-refractivity contribution in [3.05, 3.63) is 0 Å². The van der Waals surface area contributed by atoms with Crippen molar-refractivity contribution in [2.24, 2.45) is 0 Å². The molecule has 0 saturated carbocycles. The Hall–Kier alpha value is 0.287. The number of rotatable bonds is 0. The third-order valence-electron chi connectivity index (χ3n) is 0. The minimum atomic E-state index is -5.14. The zero-order chi connectivity index (χ0) is 4.50. The van der Waals surface area contributed by atoms with E-state index < -0.39 is 7.82 Å². The van der Waals surface area contributed by atoms with Gasteiger partial charge in [-0.25, -0.2) is 0 Å². The third kappa shape index (κ3) is 1400. The lowest BCUT2D eigenvalue weighted by atomic mass is 14.0. The molecule has 0 fully saturated rings. The zero-order valence-electron chi connectivity index (χ0n) is 3.33. The van der Waals surface area contributed by atoms with Crippen LogP contribution >= 0.6 is 7.82 Å². The molecule has 0 aromatic rings. The Morgan fingerprint density at radius 1 is 1.43 bits per heavy atom. The quantitative estimate of drug-likeness (QED) is 0.287. The summed E-state index contributed by atoms with van der Waals surface area (Å²) in [6, 6.07) is 0. The Morgan fingerprint density at radius 2 is 1.43 bits per heavy atom. The van der Waals surface area contributed by atoms with Gasteiger partial charge in [-0.15, -0.1) is 0 Å². The van der Waals surface area contributed by atoms with E-state index in [2.05, 4.69) is 0 Å². The Bertz CT molecular complexity index is 57.8. The van der Waals surface area contributed by atoms with Crippen LogP contribution in [-0.4, -0.2) is 15.9 Å². The molecule has 42 valence electrons. The lowest BCUT2D eigenvalue weighted by Gasteiger charge is -2.19. The molecule has 0 amide bonds. The summed E-state index contributed by atoms with van der Waals surface area (Å²) in [5, 5.41) is 0. The maximum Gasteiger partial charge on any atom is 2.00 e. The number of phosphoric acid groups is 1. The van der Waals surface area contributed by atoms with E-state index in [4.69, 9.17) is 19.2 Å². The minimum Gasteiger partial charge on any atom is -0.790 e. The highest BCUT2D eigenvalue weighted by molar-refractivity contribution is 7.42. The van der Waals surface area contributed by atoms with Gasteiger partial charge >= 0.3 is 11.0 Å². The zero-order valence-corrected chi connectivity index (χ0v) is 5.22. The molecule has 0 saturated heterocycles. The standard InChI is InChI=1S/H3N.H3O4P.Si/c;1-5(2,3)4;/h1H3;(H3,1,2,3,4);/q;;+2/p-2. The lowest BCUT2D eigenvalue weighted by Crippen LogP contribution is -2.11. The second-order valence-corrected chi connectivity index (χ2v) is 1.41. The average Bonchev–Trinajstić information content (AvgIpc) is 0.722. The van der Waals surface area contributed by atoms with Crippen LogP contribution in [0.25, 0.3) is 0 Å². The van der Waals surface area contributed by atoms with Crippen molar-refractivity contribution >= 4 is 18.8 Å². The van der Waals surface area contributed by atoms with E-state index in [0.29, 0.717) is 0 Å². The first-order chi connectivity index (χ1) is 2.00. The highest BCUT2D eigenvalue weighted by atomic mass is 31.2. The fourth-order valence-corrected chi connectivity index (χ4v) is 0. The highest BCUT2D eigenvalue weighted by Crippen LogP contribution is 2.11. The first kappa shape index (κ1) is 15.7. The van der Waals surface area contributed by atoms with Crippen molar-refractivity contribution in [2.75, 3.05) is 0 Å². The van der Waals surface area contributed by atoms with Crippen LogP contribution in [0.5, 0.6) is 0 Å². The molecule has 0 aromatic heterocycles. The summed E-state index contributed by atoms with van der Waals surface area (Å²) in [5.41, 5.74) is 0. The number of hydrogen-bond acceptors (Lipinski definition) is 4. The first-order valence-electron chi connectivity index (χ1n) is 0.748. The van der Waals surface area contributed by atoms with Crippen molar-refractivity contribution in [3.8, 4) is 0 Å². The third-order valence-corrected chi connectivity index (χ3v) is 0. The molecule has 0 aliphatic rings. The Labute approximate surface area is 45.2 Å². The first-order valence-corrected chi connectivity index (χ1v) is 2.24. The topological polar surface area (TPSA) is 118 Å². The van der Waals surface area contributed by atoms with E-state index in [0.717, 1.165) is 0 Å². The highest BCUT2D eigenvalue weighted by Gasteiger charge is 2.00. The summed E-state index contributed by atoms with van der Waals surface area (Å²) in [6.45, 7) is 0. The van der Waals surface area contributed by atoms with Gasteiger partial charge in [0.05, 0.1) is 7.82 Å². The van der Waals surface area contributed by atoms with E-state index >= 15 is 0 Å². The smallest absolute Gasteiger partial charge is 0.790 e.